The van der Waals surface area contributed by atoms with Crippen LogP contribution < -0.4 is 43.4 Å². The predicted molar refractivity (Wildman–Crippen MR) is 377 cm³/mol. The zero-order chi connectivity index (χ0) is 71.4. The molecular weight excluding hydrogens is 1320 g/mol. The van der Waals surface area contributed by atoms with E-state index in [0.29, 0.717) is 96.5 Å². The molecule has 100 heavy (non-hydrogen) atoms. The minimum atomic E-state index is -1.92. The fraction of sp³-hybridized carbons (Fsp3) is 0.486. The molecule has 3 aromatic heterocycles. The first kappa shape index (κ1) is 75.0. The van der Waals surface area contributed by atoms with Gasteiger partial charge < -0.3 is 83.2 Å². The van der Waals surface area contributed by atoms with Crippen LogP contribution >= 0.6 is 23.5 Å². The van der Waals surface area contributed by atoms with Gasteiger partial charge in [0.2, 0.25) is 59.1 Å². The maximum absolute atomic E-state index is 15.4. The number of nitrogens with one attached hydrogen (secondary N) is 9. The van der Waals surface area contributed by atoms with Gasteiger partial charge in [-0.25, -0.2) is 4.98 Å². The van der Waals surface area contributed by atoms with Crippen molar-refractivity contribution in [2.45, 2.75) is 162 Å². The molecule has 0 radical (unpaired) electrons. The highest BCUT2D eigenvalue weighted by Gasteiger charge is 2.42. The van der Waals surface area contributed by atoms with Gasteiger partial charge in [-0.1, -0.05) is 60.7 Å². The number of aliphatic hydroxyl groups is 1. The van der Waals surface area contributed by atoms with Gasteiger partial charge in [0.1, 0.15) is 48.3 Å². The summed E-state index contributed by atoms with van der Waals surface area (Å²) >= 11 is 2.88. The van der Waals surface area contributed by atoms with Crippen LogP contribution in [0.4, 0.5) is 0 Å². The van der Waals surface area contributed by atoms with E-state index in [1.807, 2.05) is 48.5 Å². The molecule has 28 nitrogen and oxygen atoms in total. The summed E-state index contributed by atoms with van der Waals surface area (Å²) in [6.45, 7) is -0.0883. The number of imidazole rings is 1. The van der Waals surface area contributed by atoms with Crippen molar-refractivity contribution in [3.63, 3.8) is 0 Å². The quantitative estimate of drug-likeness (QED) is 0.0655. The van der Waals surface area contributed by atoms with Gasteiger partial charge in [-0.15, -0.1) is 0 Å². The van der Waals surface area contributed by atoms with Gasteiger partial charge in [-0.2, -0.15) is 23.5 Å². The van der Waals surface area contributed by atoms with Crippen LogP contribution in [-0.4, -0.2) is 210 Å². The second-order valence-corrected chi connectivity index (χ2v) is 28.2. The van der Waals surface area contributed by atoms with Crippen molar-refractivity contribution in [2.75, 3.05) is 45.2 Å². The van der Waals surface area contributed by atoms with E-state index < -0.39 is 127 Å². The average Bonchev–Trinajstić information content (AvgIpc) is 1.61. The van der Waals surface area contributed by atoms with Gasteiger partial charge in [0.25, 0.3) is 0 Å². The lowest BCUT2D eigenvalue weighted by molar-refractivity contribution is -0.144. The van der Waals surface area contributed by atoms with E-state index >= 15 is 19.2 Å². The van der Waals surface area contributed by atoms with Gasteiger partial charge in [0.15, 0.2) is 0 Å². The van der Waals surface area contributed by atoms with E-state index in [0.717, 1.165) is 22.0 Å². The van der Waals surface area contributed by atoms with Gasteiger partial charge in [-0.05, 0) is 111 Å². The normalized spacial score (nSPS) is 24.7. The zero-order valence-electron chi connectivity index (χ0n) is 56.2. The van der Waals surface area contributed by atoms with E-state index in [2.05, 4.69) is 51.8 Å². The maximum Gasteiger partial charge on any atom is 0.305 e. The van der Waals surface area contributed by atoms with Crippen molar-refractivity contribution >= 4 is 110 Å². The van der Waals surface area contributed by atoms with Crippen LogP contribution in [0.5, 0.6) is 0 Å². The molecule has 1 saturated carbocycles. The number of nitrogens with two attached hydrogens (primary N) is 2. The summed E-state index contributed by atoms with van der Waals surface area (Å²) in [4.78, 5) is 176. The summed E-state index contributed by atoms with van der Waals surface area (Å²) < 4.78 is 0. The summed E-state index contributed by atoms with van der Waals surface area (Å²) in [5.41, 5.74) is 16.5. The van der Waals surface area contributed by atoms with Gasteiger partial charge in [-0.3, -0.25) is 52.7 Å². The molecule has 3 aromatic carbocycles. The summed E-state index contributed by atoms with van der Waals surface area (Å²) in [6.07, 6.45) is 7.76. The molecule has 9 rings (SSSR count). The zero-order valence-corrected chi connectivity index (χ0v) is 57.8. The van der Waals surface area contributed by atoms with Crippen LogP contribution in [0.1, 0.15) is 105 Å². The number of hydrogen-bond donors (Lipinski definition) is 13. The number of rotatable bonds is 15. The highest BCUT2D eigenvalue weighted by atomic mass is 32.2. The van der Waals surface area contributed by atoms with Gasteiger partial charge in [0, 0.05) is 115 Å². The van der Waals surface area contributed by atoms with E-state index in [-0.39, 0.29) is 69.1 Å². The van der Waals surface area contributed by atoms with Gasteiger partial charge >= 0.3 is 5.97 Å². The number of benzene rings is 3. The molecule has 8 atom stereocenters. The van der Waals surface area contributed by atoms with Crippen molar-refractivity contribution in [3.05, 3.63) is 126 Å². The molecule has 0 spiro atoms. The minimum absolute atomic E-state index is 0.0627. The van der Waals surface area contributed by atoms with Crippen molar-refractivity contribution in [1.29, 1.82) is 0 Å². The SMILES string of the molecule is CN1CC(=O)N(C)[C@@H](Cc2c[nH]c3ccccc23)C(=O)N[C@@H](Cc2c[nH]c3ccccc23)C(=O)N[C@@H](CC(=O)O)C(=O)N[C@@H](Cc2cnc[nH]2)C(=O)N[C@@H](CC2CCC(O)CC2)C(=O)N2CCC[C@H]2C(=O)N[C@H](C(N)=O)CSCc2cccc(c2)CSCCC(=O)N[C@@H](CCCCN)C1=O. The number of carbonyl (C=O) groups excluding carboxylic acids is 10. The molecule has 6 aromatic rings. The molecule has 30 heteroatoms. The van der Waals surface area contributed by atoms with E-state index in [4.69, 9.17) is 11.5 Å². The Morgan fingerprint density at radius 2 is 1.27 bits per heavy atom. The Morgan fingerprint density at radius 3 is 1.92 bits per heavy atom. The number of nitrogens with zero attached hydrogens (tertiary/aromatic N) is 4. The number of H-pyrrole nitrogens is 3. The fourth-order valence-corrected chi connectivity index (χ4v) is 15.1. The molecule has 1 saturated heterocycles. The summed E-state index contributed by atoms with van der Waals surface area (Å²) in [5, 5.41) is 38.8. The van der Waals surface area contributed by atoms with Crippen LogP contribution in [0.25, 0.3) is 21.8 Å². The lowest BCUT2D eigenvalue weighted by atomic mass is 9.83. The van der Waals surface area contributed by atoms with E-state index in [1.54, 1.807) is 36.7 Å². The topological polar surface area (TPSA) is 422 Å². The largest absolute Gasteiger partial charge is 0.481 e. The van der Waals surface area contributed by atoms with Crippen molar-refractivity contribution in [1.82, 2.24) is 66.5 Å². The van der Waals surface area contributed by atoms with Crippen LogP contribution in [0.15, 0.2) is 97.7 Å². The summed E-state index contributed by atoms with van der Waals surface area (Å²) in [5.74, 6) is -7.78. The number of aromatic amines is 3. The number of aliphatic hydroxyl groups excluding tert-OH is 1. The molecule has 536 valence electrons. The van der Waals surface area contributed by atoms with Crippen molar-refractivity contribution in [3.8, 4) is 0 Å². The van der Waals surface area contributed by atoms with Crippen LogP contribution in [0, 0.1) is 5.92 Å². The second kappa shape index (κ2) is 36.2. The summed E-state index contributed by atoms with van der Waals surface area (Å²) in [6, 6.07) is 11.2. The monoisotopic (exact) mass is 1410 g/mol. The second-order valence-electron chi connectivity index (χ2n) is 26.1. The number of para-hydroxylation sites is 2. The molecule has 3 aliphatic rings. The number of thioether (sulfide) groups is 2. The molecule has 15 N–H and O–H groups in total. The van der Waals surface area contributed by atoms with Crippen LogP contribution in [0.3, 0.4) is 0 Å². The number of aromatic nitrogens is 4. The Morgan fingerprint density at radius 1 is 0.650 bits per heavy atom. The summed E-state index contributed by atoms with van der Waals surface area (Å²) in [7, 11) is 2.81. The molecular formula is C70H91N15O13S2. The number of aliphatic carboxylic acids is 1. The number of carbonyl (C=O) groups is 11. The van der Waals surface area contributed by atoms with Crippen molar-refractivity contribution in [2.24, 2.45) is 17.4 Å². The van der Waals surface area contributed by atoms with E-state index in [1.165, 1.54) is 64.8 Å². The third-order valence-corrected chi connectivity index (χ3v) is 20.9. The Hall–Kier alpha value is -9.26. The third kappa shape index (κ3) is 20.7. The molecule has 2 bridgehead atoms. The minimum Gasteiger partial charge on any atom is -0.481 e. The standard InChI is InChI=1S/C70H91N15O13S2/c1-83-36-61(88)84(2)59(30-45-34-75-51-16-6-4-14-49(45)51)68(96)80-53(29-44-33-74-50-15-5-3-13-48(44)50)64(92)79-55(32-62(89)90)66(94)78-54(31-46-35-73-40-76-46)65(93)81-56(28-41-19-21-47(86)22-20-41)70(98)85-25-10-18-58(85)67(95)82-57(63(72)91)39-100-38-43-12-9-11-42(27-43)37-99-26-23-60(87)77-52(69(83)97)17-7-8-24-71/h3-6,9,11-16,27,33-35,40-41,47,52-59,74-75,86H,7-8,10,17-26,28-32,36-39,71H2,1-2H3,(H2,72,91)(H,73,76)(H,77,87)(H,78,94)(H,79,92)(H,80,96)(H,81,93)(H,82,95)(H,89,90)/t41?,47?,52-,53-,54-,55-,56-,57-,58-,59-/m0/s1. The fourth-order valence-electron chi connectivity index (χ4n) is 13.1. The lowest BCUT2D eigenvalue weighted by Gasteiger charge is -2.33. The molecule has 2 fully saturated rings. The Bertz CT molecular complexity index is 3860. The Kier molecular flexibility index (Phi) is 27.1. The number of fused-ring (bicyclic) bond motifs is 5. The number of carboxylic acid groups (broad SMARTS) is 1. The number of hydrogen-bond acceptors (Lipinski definition) is 16. The lowest BCUT2D eigenvalue weighted by Crippen LogP contribution is -2.61. The number of primary amides is 1. The molecule has 10 amide bonds. The number of unbranched alkanes of at least 4 members (excludes halogenated alkanes) is 1. The molecule has 2 aliphatic heterocycles. The Balaban J connectivity index is 1.05. The smallest absolute Gasteiger partial charge is 0.305 e. The highest BCUT2D eigenvalue weighted by molar-refractivity contribution is 7.98. The molecule has 0 unspecified atom stereocenters. The van der Waals surface area contributed by atoms with E-state index in [9.17, 15) is 43.8 Å². The average molecular weight is 1410 g/mol. The predicted octanol–water partition coefficient (Wildman–Crippen LogP) is 2.19. The van der Waals surface area contributed by atoms with Crippen LogP contribution in [0.2, 0.25) is 0 Å². The maximum atomic E-state index is 15.4. The van der Waals surface area contributed by atoms with Crippen molar-refractivity contribution < 1.29 is 63.0 Å². The molecule has 1 aliphatic carbocycles. The first-order chi connectivity index (χ1) is 48.1. The Labute approximate surface area is 587 Å². The number of carboxylic acids is 1. The third-order valence-electron chi connectivity index (χ3n) is 18.7. The number of likely N-dealkylation sites (N-methyl/N-ethyl adjacent to an activating group) is 2. The first-order valence-corrected chi connectivity index (χ1v) is 36.3. The number of amides is 10. The highest BCUT2D eigenvalue weighted by Crippen LogP contribution is 2.31. The van der Waals surface area contributed by atoms with Crippen LogP contribution in [-0.2, 0) is 83.5 Å². The first-order valence-electron chi connectivity index (χ1n) is 33.9. The van der Waals surface area contributed by atoms with Gasteiger partial charge in [0.05, 0.1) is 25.4 Å². The molecule has 5 heterocycles.